The molecule has 4 heteroatoms. The third kappa shape index (κ3) is 2.62. The molecule has 0 unspecified atom stereocenters. The minimum absolute atomic E-state index is 0.0473. The molecule has 0 bridgehead atoms. The van der Waals surface area contributed by atoms with Gasteiger partial charge in [-0.05, 0) is 12.3 Å². The summed E-state index contributed by atoms with van der Waals surface area (Å²) in [6.07, 6.45) is 9.92. The number of rotatable bonds is 4. The summed E-state index contributed by atoms with van der Waals surface area (Å²) in [6.45, 7) is 0.858. The second kappa shape index (κ2) is 5.14. The number of aryl methyl sites for hydroxylation is 1. The van der Waals surface area contributed by atoms with E-state index in [2.05, 4.69) is 10.3 Å². The van der Waals surface area contributed by atoms with Crippen LogP contribution in [0, 0.1) is 5.92 Å². The predicted molar refractivity (Wildman–Crippen MR) is 64.5 cm³/mol. The van der Waals surface area contributed by atoms with Gasteiger partial charge in [0.1, 0.15) is 0 Å². The van der Waals surface area contributed by atoms with Gasteiger partial charge in [0, 0.05) is 26.0 Å². The van der Waals surface area contributed by atoms with Gasteiger partial charge < -0.3 is 9.88 Å². The second-order valence-electron chi connectivity index (χ2n) is 4.56. The lowest BCUT2D eigenvalue weighted by Gasteiger charge is -2.10. The highest BCUT2D eigenvalue weighted by Gasteiger charge is 2.14. The molecule has 1 aromatic heterocycles. The third-order valence-electron chi connectivity index (χ3n) is 3.34. The molecule has 1 heterocycles. The van der Waals surface area contributed by atoms with E-state index < -0.39 is 0 Å². The van der Waals surface area contributed by atoms with E-state index in [9.17, 15) is 4.79 Å². The summed E-state index contributed by atoms with van der Waals surface area (Å²) in [5, 5.41) is 3.14. The van der Waals surface area contributed by atoms with Gasteiger partial charge in [0.25, 0.3) is 5.56 Å². The lowest BCUT2D eigenvalue weighted by molar-refractivity contribution is 0.518. The first-order valence-electron chi connectivity index (χ1n) is 6.03. The Bertz CT molecular complexity index is 393. The van der Waals surface area contributed by atoms with Gasteiger partial charge in [0.2, 0.25) is 0 Å². The predicted octanol–water partition coefficient (Wildman–Crippen LogP) is 1.77. The molecule has 0 amide bonds. The molecule has 0 aromatic carbocycles. The van der Waals surface area contributed by atoms with Crippen LogP contribution in [0.1, 0.15) is 32.1 Å². The van der Waals surface area contributed by atoms with Crippen molar-refractivity contribution in [1.29, 1.82) is 0 Å². The topological polar surface area (TPSA) is 46.9 Å². The summed E-state index contributed by atoms with van der Waals surface area (Å²) in [6, 6.07) is 0. The number of aromatic nitrogens is 2. The molecular formula is C12H19N3O. The molecule has 0 saturated heterocycles. The zero-order valence-corrected chi connectivity index (χ0v) is 9.78. The number of anilines is 1. The van der Waals surface area contributed by atoms with Gasteiger partial charge in [-0.25, -0.2) is 4.98 Å². The van der Waals surface area contributed by atoms with E-state index in [1.54, 1.807) is 24.0 Å². The van der Waals surface area contributed by atoms with E-state index in [0.29, 0.717) is 5.82 Å². The van der Waals surface area contributed by atoms with Gasteiger partial charge in [-0.1, -0.05) is 25.7 Å². The number of hydrogen-bond donors (Lipinski definition) is 1. The molecule has 1 saturated carbocycles. The van der Waals surface area contributed by atoms with Crippen LogP contribution >= 0.6 is 0 Å². The Balaban J connectivity index is 1.85. The van der Waals surface area contributed by atoms with Gasteiger partial charge in [-0.2, -0.15) is 0 Å². The summed E-state index contributed by atoms with van der Waals surface area (Å²) in [5.41, 5.74) is -0.0473. The van der Waals surface area contributed by atoms with Crippen LogP contribution in [0.3, 0.4) is 0 Å². The average molecular weight is 221 g/mol. The van der Waals surface area contributed by atoms with Crippen molar-refractivity contribution in [1.82, 2.24) is 9.55 Å². The maximum absolute atomic E-state index is 11.6. The van der Waals surface area contributed by atoms with Gasteiger partial charge in [-0.15, -0.1) is 0 Å². The van der Waals surface area contributed by atoms with Crippen molar-refractivity contribution in [2.24, 2.45) is 13.0 Å². The highest BCUT2D eigenvalue weighted by Crippen LogP contribution is 2.27. The summed E-state index contributed by atoms with van der Waals surface area (Å²) in [4.78, 5) is 15.7. The average Bonchev–Trinajstić information content (AvgIpc) is 2.77. The fraction of sp³-hybridized carbons (Fsp3) is 0.667. The van der Waals surface area contributed by atoms with Crippen molar-refractivity contribution < 1.29 is 0 Å². The van der Waals surface area contributed by atoms with Crippen LogP contribution in [0.2, 0.25) is 0 Å². The first kappa shape index (κ1) is 11.2. The Morgan fingerprint density at radius 1 is 1.50 bits per heavy atom. The Hall–Kier alpha value is -1.32. The SMILES string of the molecule is Cn1ccnc(NCCC2CCCC2)c1=O. The summed E-state index contributed by atoms with van der Waals surface area (Å²) in [5.74, 6) is 1.32. The Kier molecular flexibility index (Phi) is 3.59. The first-order valence-corrected chi connectivity index (χ1v) is 6.03. The van der Waals surface area contributed by atoms with Crippen LogP contribution in [-0.2, 0) is 7.05 Å². The molecule has 1 aliphatic carbocycles. The molecule has 16 heavy (non-hydrogen) atoms. The molecule has 1 N–H and O–H groups in total. The third-order valence-corrected chi connectivity index (χ3v) is 3.34. The van der Waals surface area contributed by atoms with Crippen molar-refractivity contribution in [3.63, 3.8) is 0 Å². The Labute approximate surface area is 95.7 Å². The molecule has 2 rings (SSSR count). The van der Waals surface area contributed by atoms with Gasteiger partial charge in [0.15, 0.2) is 5.82 Å². The first-order chi connectivity index (χ1) is 7.77. The Morgan fingerprint density at radius 3 is 3.00 bits per heavy atom. The van der Waals surface area contributed by atoms with E-state index in [4.69, 9.17) is 0 Å². The fourth-order valence-corrected chi connectivity index (χ4v) is 2.31. The number of hydrogen-bond acceptors (Lipinski definition) is 3. The molecule has 1 fully saturated rings. The van der Waals surface area contributed by atoms with Gasteiger partial charge in [0.05, 0.1) is 0 Å². The van der Waals surface area contributed by atoms with Crippen LogP contribution in [0.5, 0.6) is 0 Å². The van der Waals surface area contributed by atoms with E-state index >= 15 is 0 Å². The van der Waals surface area contributed by atoms with E-state index in [1.165, 1.54) is 25.7 Å². The highest BCUT2D eigenvalue weighted by molar-refractivity contribution is 5.30. The second-order valence-corrected chi connectivity index (χ2v) is 4.56. The van der Waals surface area contributed by atoms with E-state index in [-0.39, 0.29) is 5.56 Å². The van der Waals surface area contributed by atoms with Crippen molar-refractivity contribution in [2.45, 2.75) is 32.1 Å². The van der Waals surface area contributed by atoms with Crippen LogP contribution in [0.4, 0.5) is 5.82 Å². The molecule has 1 aromatic rings. The molecule has 1 aliphatic rings. The summed E-state index contributed by atoms with van der Waals surface area (Å²) in [7, 11) is 1.74. The molecule has 0 spiro atoms. The van der Waals surface area contributed by atoms with Crippen molar-refractivity contribution >= 4 is 5.82 Å². The maximum atomic E-state index is 11.6. The van der Waals surface area contributed by atoms with Crippen LogP contribution in [0.25, 0.3) is 0 Å². The quantitative estimate of drug-likeness (QED) is 0.843. The fourth-order valence-electron chi connectivity index (χ4n) is 2.31. The lowest BCUT2D eigenvalue weighted by Crippen LogP contribution is -2.22. The number of nitrogens with zero attached hydrogens (tertiary/aromatic N) is 2. The maximum Gasteiger partial charge on any atom is 0.293 e. The van der Waals surface area contributed by atoms with Crippen molar-refractivity contribution in [3.8, 4) is 0 Å². The molecule has 4 nitrogen and oxygen atoms in total. The highest BCUT2D eigenvalue weighted by atomic mass is 16.1. The lowest BCUT2D eigenvalue weighted by atomic mass is 10.0. The van der Waals surface area contributed by atoms with E-state index in [0.717, 1.165) is 18.9 Å². The minimum Gasteiger partial charge on any atom is -0.365 e. The largest absolute Gasteiger partial charge is 0.365 e. The Morgan fingerprint density at radius 2 is 2.25 bits per heavy atom. The van der Waals surface area contributed by atoms with Gasteiger partial charge >= 0.3 is 0 Å². The summed E-state index contributed by atoms with van der Waals surface area (Å²) < 4.78 is 1.55. The van der Waals surface area contributed by atoms with Crippen LogP contribution in [0.15, 0.2) is 17.2 Å². The monoisotopic (exact) mass is 221 g/mol. The van der Waals surface area contributed by atoms with E-state index in [1.807, 2.05) is 0 Å². The smallest absolute Gasteiger partial charge is 0.293 e. The molecule has 88 valence electrons. The van der Waals surface area contributed by atoms with Crippen molar-refractivity contribution in [3.05, 3.63) is 22.7 Å². The molecule has 0 atom stereocenters. The summed E-state index contributed by atoms with van der Waals surface area (Å²) >= 11 is 0. The zero-order chi connectivity index (χ0) is 11.4. The number of nitrogens with one attached hydrogen (secondary N) is 1. The van der Waals surface area contributed by atoms with Crippen LogP contribution < -0.4 is 10.9 Å². The zero-order valence-electron chi connectivity index (χ0n) is 9.78. The molecular weight excluding hydrogens is 202 g/mol. The normalized spacial score (nSPS) is 16.6. The van der Waals surface area contributed by atoms with Gasteiger partial charge in [-0.3, -0.25) is 4.79 Å². The van der Waals surface area contributed by atoms with Crippen molar-refractivity contribution in [2.75, 3.05) is 11.9 Å². The minimum atomic E-state index is -0.0473. The molecule has 0 radical (unpaired) electrons. The van der Waals surface area contributed by atoms with Crippen LogP contribution in [-0.4, -0.2) is 16.1 Å². The molecule has 0 aliphatic heterocycles. The standard InChI is InChI=1S/C12H19N3O/c1-15-9-8-14-11(12(15)16)13-7-6-10-4-2-3-5-10/h8-10H,2-7H2,1H3,(H,13,14).